The number of benzene rings is 1. The van der Waals surface area contributed by atoms with Gasteiger partial charge in [0.25, 0.3) is 0 Å². The van der Waals surface area contributed by atoms with Crippen LogP contribution in [0.25, 0.3) is 55.7 Å². The first-order valence-electron chi connectivity index (χ1n) is 11.8. The number of anilines is 1. The Morgan fingerprint density at radius 1 is 0.946 bits per heavy atom. The number of halogens is 1. The van der Waals surface area contributed by atoms with Gasteiger partial charge in [0.05, 0.1) is 40.7 Å². The molecule has 0 spiro atoms. The first-order valence-corrected chi connectivity index (χ1v) is 11.8. The maximum absolute atomic E-state index is 14.5. The summed E-state index contributed by atoms with van der Waals surface area (Å²) in [6, 6.07) is 14.2. The number of hydrogen-bond donors (Lipinski definition) is 3. The molecule has 0 saturated carbocycles. The lowest BCUT2D eigenvalue weighted by atomic mass is 10.1. The molecule has 0 saturated heterocycles. The highest BCUT2D eigenvalue weighted by atomic mass is 19.1. The maximum atomic E-state index is 14.5. The molecule has 1 aromatic carbocycles. The van der Waals surface area contributed by atoms with Crippen LogP contribution in [0.4, 0.5) is 10.1 Å². The Morgan fingerprint density at radius 3 is 2.62 bits per heavy atom. The zero-order chi connectivity index (χ0) is 25.5. The molecule has 0 radical (unpaired) electrons. The van der Waals surface area contributed by atoms with Gasteiger partial charge in [0.1, 0.15) is 11.5 Å². The number of H-pyrrole nitrogens is 2. The van der Waals surface area contributed by atoms with Gasteiger partial charge in [-0.15, -0.1) is 0 Å². The second kappa shape index (κ2) is 8.94. The molecule has 5 heterocycles. The van der Waals surface area contributed by atoms with Gasteiger partial charge in [0, 0.05) is 45.7 Å². The highest BCUT2D eigenvalue weighted by Gasteiger charge is 2.17. The van der Waals surface area contributed by atoms with Crippen molar-refractivity contribution in [1.29, 1.82) is 0 Å². The molecule has 0 unspecified atom stereocenters. The monoisotopic (exact) mass is 491 g/mol. The minimum absolute atomic E-state index is 0.0810. The van der Waals surface area contributed by atoms with Crippen LogP contribution in [-0.2, 0) is 4.79 Å². The molecule has 0 aliphatic carbocycles. The van der Waals surface area contributed by atoms with Crippen molar-refractivity contribution in [2.24, 2.45) is 5.92 Å². The Balaban J connectivity index is 1.42. The fourth-order valence-electron chi connectivity index (χ4n) is 4.26. The van der Waals surface area contributed by atoms with Crippen molar-refractivity contribution >= 4 is 33.4 Å². The van der Waals surface area contributed by atoms with E-state index in [1.54, 1.807) is 43.0 Å². The van der Waals surface area contributed by atoms with Gasteiger partial charge in [0.15, 0.2) is 0 Å². The van der Waals surface area contributed by atoms with Crippen LogP contribution in [0.5, 0.6) is 0 Å². The zero-order valence-electron chi connectivity index (χ0n) is 20.1. The van der Waals surface area contributed by atoms with E-state index >= 15 is 0 Å². The summed E-state index contributed by atoms with van der Waals surface area (Å²) in [6.45, 7) is 3.67. The molecule has 0 aliphatic heterocycles. The minimum atomic E-state index is -0.327. The van der Waals surface area contributed by atoms with Crippen LogP contribution in [-0.4, -0.2) is 36.0 Å². The molecule has 0 fully saturated rings. The molecular weight excluding hydrogens is 469 g/mol. The van der Waals surface area contributed by atoms with Gasteiger partial charge in [-0.2, -0.15) is 5.10 Å². The summed E-state index contributed by atoms with van der Waals surface area (Å²) in [5, 5.41) is 12.1. The van der Waals surface area contributed by atoms with Gasteiger partial charge in [-0.3, -0.25) is 24.8 Å². The molecule has 9 heteroatoms. The summed E-state index contributed by atoms with van der Waals surface area (Å²) in [5.41, 5.74) is 6.11. The van der Waals surface area contributed by atoms with Crippen molar-refractivity contribution in [3.8, 4) is 33.9 Å². The number of rotatable bonds is 5. The van der Waals surface area contributed by atoms with Crippen molar-refractivity contribution in [2.45, 2.75) is 13.8 Å². The number of hydrogen-bond acceptors (Lipinski definition) is 5. The van der Waals surface area contributed by atoms with Crippen molar-refractivity contribution in [1.82, 2.24) is 30.1 Å². The molecule has 0 aliphatic rings. The van der Waals surface area contributed by atoms with Crippen molar-refractivity contribution < 1.29 is 9.18 Å². The summed E-state index contributed by atoms with van der Waals surface area (Å²) in [4.78, 5) is 28.8. The SMILES string of the molecule is CC(C)C(=O)Nc1cncc(-c2cc3c(-c4cc5c(-c6ccccc6F)nccc5[nH]4)n[nH]c3cn2)c1. The summed E-state index contributed by atoms with van der Waals surface area (Å²) >= 11 is 0. The van der Waals surface area contributed by atoms with Gasteiger partial charge in [-0.1, -0.05) is 26.0 Å². The van der Waals surface area contributed by atoms with Crippen LogP contribution < -0.4 is 5.32 Å². The lowest BCUT2D eigenvalue weighted by molar-refractivity contribution is -0.118. The van der Waals surface area contributed by atoms with Gasteiger partial charge in [-0.25, -0.2) is 4.39 Å². The second-order valence-corrected chi connectivity index (χ2v) is 9.08. The van der Waals surface area contributed by atoms with Gasteiger partial charge >= 0.3 is 0 Å². The lowest BCUT2D eigenvalue weighted by Gasteiger charge is -2.08. The Kier molecular flexibility index (Phi) is 5.45. The fraction of sp³-hybridized carbons (Fsp3) is 0.107. The molecule has 6 aromatic rings. The van der Waals surface area contributed by atoms with E-state index in [1.165, 1.54) is 6.07 Å². The predicted molar refractivity (Wildman–Crippen MR) is 141 cm³/mol. The number of fused-ring (bicyclic) bond motifs is 2. The standard InChI is InChI=1S/C28H22FN7O/c1-15(2)28(37)33-17-9-16(12-30-13-17)23-10-20-25(14-32-23)35-36-27(20)24-11-19-22(34-24)7-8-31-26(19)18-5-3-4-6-21(18)29/h3-15,34H,1-2H3,(H,33,37)(H,35,36). The molecule has 1 amide bonds. The van der Waals surface area contributed by atoms with Crippen LogP contribution in [0, 0.1) is 11.7 Å². The van der Waals surface area contributed by atoms with Crippen LogP contribution in [0.3, 0.4) is 0 Å². The molecule has 182 valence electrons. The number of nitrogens with zero attached hydrogens (tertiary/aromatic N) is 4. The third-order valence-electron chi connectivity index (χ3n) is 6.21. The first kappa shape index (κ1) is 22.5. The van der Waals surface area contributed by atoms with E-state index in [0.717, 1.165) is 33.1 Å². The predicted octanol–water partition coefficient (Wildman–Crippen LogP) is 5.96. The lowest BCUT2D eigenvalue weighted by Crippen LogP contribution is -2.17. The van der Waals surface area contributed by atoms with Crippen LogP contribution in [0.1, 0.15) is 13.8 Å². The average molecular weight is 492 g/mol. The summed E-state index contributed by atoms with van der Waals surface area (Å²) in [6.07, 6.45) is 6.69. The third-order valence-corrected chi connectivity index (χ3v) is 6.21. The number of nitrogens with one attached hydrogen (secondary N) is 3. The molecular formula is C28H22FN7O. The largest absolute Gasteiger partial charge is 0.353 e. The van der Waals surface area contributed by atoms with Gasteiger partial charge < -0.3 is 10.3 Å². The molecule has 6 rings (SSSR count). The summed E-state index contributed by atoms with van der Waals surface area (Å²) in [7, 11) is 0. The molecule has 0 bridgehead atoms. The molecule has 8 nitrogen and oxygen atoms in total. The highest BCUT2D eigenvalue weighted by Crippen LogP contribution is 2.34. The molecule has 5 aromatic heterocycles. The van der Waals surface area contributed by atoms with Crippen LogP contribution >= 0.6 is 0 Å². The Bertz CT molecular complexity index is 1790. The normalized spacial score (nSPS) is 11.5. The summed E-state index contributed by atoms with van der Waals surface area (Å²) in [5.74, 6) is -0.550. The van der Waals surface area contributed by atoms with Crippen molar-refractivity contribution in [3.63, 3.8) is 0 Å². The number of carbonyl (C=O) groups is 1. The molecule has 3 N–H and O–H groups in total. The maximum Gasteiger partial charge on any atom is 0.226 e. The number of aromatic amines is 2. The smallest absolute Gasteiger partial charge is 0.226 e. The van der Waals surface area contributed by atoms with Gasteiger partial charge in [0.2, 0.25) is 5.91 Å². The van der Waals surface area contributed by atoms with E-state index in [0.29, 0.717) is 28.3 Å². The van der Waals surface area contributed by atoms with E-state index in [4.69, 9.17) is 0 Å². The number of pyridine rings is 3. The topological polar surface area (TPSA) is 112 Å². The Morgan fingerprint density at radius 2 is 1.78 bits per heavy atom. The second-order valence-electron chi connectivity index (χ2n) is 9.08. The van der Waals surface area contributed by atoms with Crippen LogP contribution in [0.2, 0.25) is 0 Å². The third kappa shape index (κ3) is 4.10. The summed E-state index contributed by atoms with van der Waals surface area (Å²) < 4.78 is 14.5. The number of aromatic nitrogens is 6. The molecule has 37 heavy (non-hydrogen) atoms. The zero-order valence-corrected chi connectivity index (χ0v) is 20.1. The minimum Gasteiger partial charge on any atom is -0.353 e. The number of amides is 1. The number of carbonyl (C=O) groups excluding carboxylic acids is 1. The van der Waals surface area contributed by atoms with E-state index in [-0.39, 0.29) is 17.6 Å². The highest BCUT2D eigenvalue weighted by molar-refractivity contribution is 6.00. The average Bonchev–Trinajstić information content (AvgIpc) is 3.53. The van der Waals surface area contributed by atoms with Gasteiger partial charge in [-0.05, 0) is 36.4 Å². The fourth-order valence-corrected chi connectivity index (χ4v) is 4.26. The van der Waals surface area contributed by atoms with E-state index in [2.05, 4.69) is 35.5 Å². The van der Waals surface area contributed by atoms with E-state index in [1.807, 2.05) is 38.1 Å². The van der Waals surface area contributed by atoms with Crippen molar-refractivity contribution in [2.75, 3.05) is 5.32 Å². The van der Waals surface area contributed by atoms with Crippen LogP contribution in [0.15, 0.2) is 73.3 Å². The van der Waals surface area contributed by atoms with Crippen molar-refractivity contribution in [3.05, 3.63) is 79.1 Å². The molecule has 0 atom stereocenters. The Hall–Kier alpha value is -4.92. The van der Waals surface area contributed by atoms with E-state index < -0.39 is 0 Å². The Labute approximate surface area is 211 Å². The quantitative estimate of drug-likeness (QED) is 0.275. The first-order chi connectivity index (χ1) is 18.0. The van der Waals surface area contributed by atoms with E-state index in [9.17, 15) is 9.18 Å².